The summed E-state index contributed by atoms with van der Waals surface area (Å²) in [5.41, 5.74) is 1.97. The van der Waals surface area contributed by atoms with Crippen molar-refractivity contribution < 1.29 is 27.5 Å². The molecule has 1 aliphatic rings. The second-order valence-corrected chi connectivity index (χ2v) is 8.93. The molecule has 0 fully saturated rings. The first kappa shape index (κ1) is 21.6. The highest BCUT2D eigenvalue weighted by Gasteiger charge is 2.36. The molecule has 1 atom stereocenters. The average Bonchev–Trinajstić information content (AvgIpc) is 2.74. The molecule has 0 radical (unpaired) electrons. The number of hydrogen-bond acceptors (Lipinski definition) is 6. The third-order valence-electron chi connectivity index (χ3n) is 4.72. The number of esters is 1. The number of nitrogens with one attached hydrogen (secondary N) is 1. The van der Waals surface area contributed by atoms with E-state index in [0.717, 1.165) is 0 Å². The molecule has 0 bridgehead atoms. The summed E-state index contributed by atoms with van der Waals surface area (Å²) in [5, 5.41) is 2.76. The standard InChI is InChI=1S/C21H24N2O6S/c1-4-28-21(25)15-10-11-16(14(3)12-15)22-20(24)19-13-23(30(26,27)5-2)17-8-6-7-9-18(17)29-19/h6-12,19H,4-5,13H2,1-3H3,(H,22,24). The molecule has 0 aliphatic carbocycles. The van der Waals surface area contributed by atoms with Gasteiger partial charge in [0.1, 0.15) is 5.75 Å². The highest BCUT2D eigenvalue weighted by atomic mass is 32.2. The Hall–Kier alpha value is -3.07. The number of carbonyl (C=O) groups excluding carboxylic acids is 2. The van der Waals surface area contributed by atoms with Crippen LogP contribution in [0.4, 0.5) is 11.4 Å². The van der Waals surface area contributed by atoms with E-state index in [-0.39, 0.29) is 18.9 Å². The Morgan fingerprint density at radius 1 is 1.20 bits per heavy atom. The van der Waals surface area contributed by atoms with E-state index in [9.17, 15) is 18.0 Å². The maximum Gasteiger partial charge on any atom is 0.338 e. The van der Waals surface area contributed by atoms with Gasteiger partial charge in [0.25, 0.3) is 5.91 Å². The van der Waals surface area contributed by atoms with Crippen LogP contribution in [0.3, 0.4) is 0 Å². The molecule has 2 aromatic carbocycles. The van der Waals surface area contributed by atoms with Crippen molar-refractivity contribution >= 4 is 33.3 Å². The van der Waals surface area contributed by atoms with Crippen molar-refractivity contribution in [1.82, 2.24) is 0 Å². The zero-order valence-corrected chi connectivity index (χ0v) is 17.9. The maximum atomic E-state index is 12.9. The number of aryl methyl sites for hydroxylation is 1. The van der Waals surface area contributed by atoms with Gasteiger partial charge in [-0.25, -0.2) is 13.2 Å². The summed E-state index contributed by atoms with van der Waals surface area (Å²) in [6, 6.07) is 11.5. The Bertz CT molecular complexity index is 1070. The Balaban J connectivity index is 1.82. The van der Waals surface area contributed by atoms with E-state index in [1.165, 1.54) is 4.31 Å². The molecular weight excluding hydrogens is 408 g/mol. The normalized spacial score (nSPS) is 15.7. The van der Waals surface area contributed by atoms with Gasteiger partial charge < -0.3 is 14.8 Å². The third kappa shape index (κ3) is 4.40. The fraction of sp³-hybridized carbons (Fsp3) is 0.333. The predicted molar refractivity (Wildman–Crippen MR) is 113 cm³/mol. The summed E-state index contributed by atoms with van der Waals surface area (Å²) in [4.78, 5) is 24.7. The van der Waals surface area contributed by atoms with E-state index in [4.69, 9.17) is 9.47 Å². The van der Waals surface area contributed by atoms with Gasteiger partial charge in [-0.1, -0.05) is 12.1 Å². The molecule has 8 nitrogen and oxygen atoms in total. The maximum absolute atomic E-state index is 12.9. The Kier molecular flexibility index (Phi) is 6.31. The quantitative estimate of drug-likeness (QED) is 0.705. The summed E-state index contributed by atoms with van der Waals surface area (Å²) >= 11 is 0. The average molecular weight is 432 g/mol. The van der Waals surface area contributed by atoms with Gasteiger partial charge in [0.05, 0.1) is 30.2 Å². The number of fused-ring (bicyclic) bond motifs is 1. The summed E-state index contributed by atoms with van der Waals surface area (Å²) in [7, 11) is -3.58. The number of nitrogens with zero attached hydrogens (tertiary/aromatic N) is 1. The van der Waals surface area contributed by atoms with Crippen molar-refractivity contribution in [2.24, 2.45) is 0 Å². The molecule has 2 aromatic rings. The van der Waals surface area contributed by atoms with Crippen LogP contribution in [-0.4, -0.2) is 45.3 Å². The van der Waals surface area contributed by atoms with E-state index in [0.29, 0.717) is 28.3 Å². The van der Waals surface area contributed by atoms with Crippen LogP contribution in [-0.2, 0) is 19.6 Å². The van der Waals surface area contributed by atoms with Gasteiger partial charge in [-0.15, -0.1) is 0 Å². The van der Waals surface area contributed by atoms with Crippen LogP contribution < -0.4 is 14.4 Å². The van der Waals surface area contributed by atoms with Crippen molar-refractivity contribution in [3.8, 4) is 5.75 Å². The molecule has 3 rings (SSSR count). The minimum Gasteiger partial charge on any atom is -0.476 e. The lowest BCUT2D eigenvalue weighted by Gasteiger charge is -2.34. The number of carbonyl (C=O) groups is 2. The topological polar surface area (TPSA) is 102 Å². The molecule has 1 unspecified atom stereocenters. The van der Waals surface area contributed by atoms with Gasteiger partial charge in [-0.3, -0.25) is 9.10 Å². The molecule has 160 valence electrons. The number of ether oxygens (including phenoxy) is 2. The summed E-state index contributed by atoms with van der Waals surface area (Å²) < 4.78 is 37.1. The van der Waals surface area contributed by atoms with Gasteiger partial charge in [0.2, 0.25) is 10.0 Å². The van der Waals surface area contributed by atoms with E-state index < -0.39 is 28.0 Å². The highest BCUT2D eigenvalue weighted by Crippen LogP contribution is 2.35. The highest BCUT2D eigenvalue weighted by molar-refractivity contribution is 7.92. The fourth-order valence-electron chi connectivity index (χ4n) is 3.12. The first-order valence-electron chi connectivity index (χ1n) is 9.61. The Morgan fingerprint density at radius 3 is 2.60 bits per heavy atom. The van der Waals surface area contributed by atoms with Crippen LogP contribution in [0.1, 0.15) is 29.8 Å². The summed E-state index contributed by atoms with van der Waals surface area (Å²) in [6.45, 7) is 5.18. The number of hydrogen-bond donors (Lipinski definition) is 1. The second-order valence-electron chi connectivity index (χ2n) is 6.75. The van der Waals surface area contributed by atoms with Gasteiger partial charge in [0.15, 0.2) is 6.10 Å². The van der Waals surface area contributed by atoms with Crippen LogP contribution >= 0.6 is 0 Å². The molecular formula is C21H24N2O6S. The number of amides is 1. The smallest absolute Gasteiger partial charge is 0.338 e. The monoisotopic (exact) mass is 432 g/mol. The summed E-state index contributed by atoms with van der Waals surface area (Å²) in [5.74, 6) is -0.682. The summed E-state index contributed by atoms with van der Waals surface area (Å²) in [6.07, 6.45) is -1.02. The predicted octanol–water partition coefficient (Wildman–Crippen LogP) is 2.73. The number of anilines is 2. The van der Waals surface area contributed by atoms with Gasteiger partial charge in [0, 0.05) is 5.69 Å². The Labute approximate surface area is 175 Å². The van der Waals surface area contributed by atoms with Gasteiger partial charge in [-0.05, 0) is 56.7 Å². The van der Waals surface area contributed by atoms with Crippen molar-refractivity contribution in [3.63, 3.8) is 0 Å². The van der Waals surface area contributed by atoms with Crippen LogP contribution in [0.25, 0.3) is 0 Å². The lowest BCUT2D eigenvalue weighted by Crippen LogP contribution is -2.49. The zero-order chi connectivity index (χ0) is 21.9. The first-order valence-corrected chi connectivity index (χ1v) is 11.2. The van der Waals surface area contributed by atoms with E-state index in [1.54, 1.807) is 63.2 Å². The van der Waals surface area contributed by atoms with Gasteiger partial charge >= 0.3 is 5.97 Å². The molecule has 0 spiro atoms. The lowest BCUT2D eigenvalue weighted by atomic mass is 10.1. The van der Waals surface area contributed by atoms with Crippen molar-refractivity contribution in [2.45, 2.75) is 26.9 Å². The molecule has 9 heteroatoms. The lowest BCUT2D eigenvalue weighted by molar-refractivity contribution is -0.122. The van der Waals surface area contributed by atoms with E-state index >= 15 is 0 Å². The van der Waals surface area contributed by atoms with Crippen molar-refractivity contribution in [1.29, 1.82) is 0 Å². The second kappa shape index (κ2) is 8.74. The minimum atomic E-state index is -3.58. The van der Waals surface area contributed by atoms with Crippen molar-refractivity contribution in [3.05, 3.63) is 53.6 Å². The first-order chi connectivity index (χ1) is 14.3. The minimum absolute atomic E-state index is 0.0932. The SMILES string of the molecule is CCOC(=O)c1ccc(NC(=O)C2CN(S(=O)(=O)CC)c3ccccc3O2)c(C)c1. The molecule has 1 N–H and O–H groups in total. The van der Waals surface area contributed by atoms with Crippen LogP contribution in [0.2, 0.25) is 0 Å². The number of rotatable bonds is 6. The third-order valence-corrected chi connectivity index (χ3v) is 6.47. The zero-order valence-electron chi connectivity index (χ0n) is 17.0. The molecule has 0 saturated carbocycles. The molecule has 1 heterocycles. The molecule has 1 aliphatic heterocycles. The molecule has 0 aromatic heterocycles. The fourth-order valence-corrected chi connectivity index (χ4v) is 4.24. The van der Waals surface area contributed by atoms with E-state index in [2.05, 4.69) is 5.32 Å². The number of benzene rings is 2. The van der Waals surface area contributed by atoms with Crippen LogP contribution in [0, 0.1) is 6.92 Å². The Morgan fingerprint density at radius 2 is 1.93 bits per heavy atom. The molecule has 0 saturated heterocycles. The van der Waals surface area contributed by atoms with Crippen molar-refractivity contribution in [2.75, 3.05) is 28.5 Å². The molecule has 1 amide bonds. The van der Waals surface area contributed by atoms with Crippen LogP contribution in [0.15, 0.2) is 42.5 Å². The number of para-hydroxylation sites is 2. The van der Waals surface area contributed by atoms with Crippen LogP contribution in [0.5, 0.6) is 5.75 Å². The van der Waals surface area contributed by atoms with E-state index in [1.807, 2.05) is 0 Å². The molecule has 30 heavy (non-hydrogen) atoms. The van der Waals surface area contributed by atoms with Gasteiger partial charge in [-0.2, -0.15) is 0 Å². The number of sulfonamides is 1. The largest absolute Gasteiger partial charge is 0.476 e.